The smallest absolute Gasteiger partial charge is 0.325 e. The van der Waals surface area contributed by atoms with E-state index in [9.17, 15) is 9.59 Å². The fraction of sp³-hybridized carbons (Fsp3) is 0.500. The molecule has 0 spiro atoms. The van der Waals surface area contributed by atoms with E-state index < -0.39 is 5.69 Å². The third kappa shape index (κ3) is 3.14. The van der Waals surface area contributed by atoms with Gasteiger partial charge in [0.1, 0.15) is 5.69 Å². The van der Waals surface area contributed by atoms with Crippen LogP contribution >= 0.6 is 0 Å². The third-order valence-electron chi connectivity index (χ3n) is 1.28. The molecule has 74 valence electrons. The van der Waals surface area contributed by atoms with Gasteiger partial charge in [0.15, 0.2) is 0 Å². The summed E-state index contributed by atoms with van der Waals surface area (Å²) >= 11 is 0. The second kappa shape index (κ2) is 5.18. The van der Waals surface area contributed by atoms with Gasteiger partial charge in [0.2, 0.25) is 0 Å². The van der Waals surface area contributed by atoms with Gasteiger partial charge >= 0.3 is 5.69 Å². The molecule has 0 unspecified atom stereocenters. The van der Waals surface area contributed by atoms with Crippen molar-refractivity contribution < 1.29 is 0 Å². The number of H-pyrrole nitrogens is 2. The molecule has 1 aromatic heterocycles. The Balaban J connectivity index is 0.000000671. The van der Waals surface area contributed by atoms with E-state index >= 15 is 0 Å². The first-order chi connectivity index (χ1) is 6.11. The van der Waals surface area contributed by atoms with E-state index in [0.717, 1.165) is 0 Å². The van der Waals surface area contributed by atoms with E-state index in [1.165, 1.54) is 6.20 Å². The van der Waals surface area contributed by atoms with E-state index in [1.54, 1.807) is 19.0 Å². The lowest BCUT2D eigenvalue weighted by molar-refractivity contribution is 0.991. The summed E-state index contributed by atoms with van der Waals surface area (Å²) in [6.07, 6.45) is 1.38. The topological polar surface area (TPSA) is 69.0 Å². The van der Waals surface area contributed by atoms with Crippen LogP contribution in [-0.2, 0) is 0 Å². The summed E-state index contributed by atoms with van der Waals surface area (Å²) in [7, 11) is 3.45. The molecule has 0 radical (unpaired) electrons. The van der Waals surface area contributed by atoms with Gasteiger partial charge in [-0.3, -0.25) is 9.78 Å². The molecule has 1 rings (SSSR count). The average Bonchev–Trinajstić information content (AvgIpc) is 2.07. The van der Waals surface area contributed by atoms with Crippen molar-refractivity contribution in [1.82, 2.24) is 9.97 Å². The molecule has 13 heavy (non-hydrogen) atoms. The first-order valence-corrected chi connectivity index (χ1v) is 4.10. The summed E-state index contributed by atoms with van der Waals surface area (Å²) in [4.78, 5) is 27.6. The molecule has 0 atom stereocenters. The van der Waals surface area contributed by atoms with Crippen molar-refractivity contribution in [3.63, 3.8) is 0 Å². The Labute approximate surface area is 76.4 Å². The second-order valence-corrected chi connectivity index (χ2v) is 2.35. The maximum atomic E-state index is 11.0. The van der Waals surface area contributed by atoms with E-state index in [-0.39, 0.29) is 5.56 Å². The Hall–Kier alpha value is -1.52. The zero-order valence-corrected chi connectivity index (χ0v) is 8.34. The van der Waals surface area contributed by atoms with Gasteiger partial charge in [-0.2, -0.15) is 0 Å². The van der Waals surface area contributed by atoms with Gasteiger partial charge in [-0.05, 0) is 0 Å². The van der Waals surface area contributed by atoms with Crippen LogP contribution in [0.5, 0.6) is 0 Å². The van der Waals surface area contributed by atoms with Crippen molar-refractivity contribution in [1.29, 1.82) is 0 Å². The number of rotatable bonds is 1. The minimum absolute atomic E-state index is 0.376. The molecule has 0 amide bonds. The fourth-order valence-electron chi connectivity index (χ4n) is 0.735. The van der Waals surface area contributed by atoms with Crippen LogP contribution in [0.2, 0.25) is 0 Å². The molecular weight excluding hydrogens is 170 g/mol. The van der Waals surface area contributed by atoms with Crippen LogP contribution in [0.15, 0.2) is 15.8 Å². The molecule has 5 nitrogen and oxygen atoms in total. The monoisotopic (exact) mass is 185 g/mol. The predicted octanol–water partition coefficient (Wildman–Crippen LogP) is 0.155. The second-order valence-electron chi connectivity index (χ2n) is 2.35. The first kappa shape index (κ1) is 11.5. The Bertz CT molecular complexity index is 351. The molecule has 0 aromatic carbocycles. The molecule has 1 heterocycles. The van der Waals surface area contributed by atoms with E-state index in [0.29, 0.717) is 5.69 Å². The molecule has 0 saturated heterocycles. The molecular formula is C8H15N3O2. The van der Waals surface area contributed by atoms with Crippen molar-refractivity contribution in [3.05, 3.63) is 27.0 Å². The number of aromatic nitrogens is 2. The molecule has 0 aliphatic heterocycles. The van der Waals surface area contributed by atoms with Crippen LogP contribution in [0.25, 0.3) is 0 Å². The third-order valence-corrected chi connectivity index (χ3v) is 1.28. The Morgan fingerprint density at radius 2 is 1.77 bits per heavy atom. The summed E-state index contributed by atoms with van der Waals surface area (Å²) in [5.41, 5.74) is -0.427. The lowest BCUT2D eigenvalue weighted by atomic mass is 10.5. The molecule has 1 aromatic rings. The zero-order valence-electron chi connectivity index (χ0n) is 8.34. The van der Waals surface area contributed by atoms with Crippen LogP contribution < -0.4 is 16.1 Å². The van der Waals surface area contributed by atoms with Crippen LogP contribution in [0.4, 0.5) is 5.69 Å². The van der Waals surface area contributed by atoms with Crippen LogP contribution in [0, 0.1) is 0 Å². The lowest BCUT2D eigenvalue weighted by Gasteiger charge is -2.08. The van der Waals surface area contributed by atoms with E-state index in [2.05, 4.69) is 9.97 Å². The highest BCUT2D eigenvalue weighted by Crippen LogP contribution is 1.95. The van der Waals surface area contributed by atoms with Crippen molar-refractivity contribution in [2.75, 3.05) is 19.0 Å². The standard InChI is InChI=1S/C6H9N3O2.C2H6/c1-9(2)4-3-7-6(11)8-5(4)10;1-2/h3H,1-2H3,(H2,7,8,10,11);1-2H3. The quantitative estimate of drug-likeness (QED) is 0.654. The van der Waals surface area contributed by atoms with Gasteiger partial charge in [0.25, 0.3) is 5.56 Å². The summed E-state index contributed by atoms with van der Waals surface area (Å²) in [6, 6.07) is 0. The SMILES string of the molecule is CC.CN(C)c1c[nH]c(=O)[nH]c1=O. The number of hydrogen-bond donors (Lipinski definition) is 2. The molecule has 0 saturated carbocycles. The number of aromatic amines is 2. The summed E-state index contributed by atoms with van der Waals surface area (Å²) < 4.78 is 0. The zero-order chi connectivity index (χ0) is 10.4. The van der Waals surface area contributed by atoms with Gasteiger partial charge in [0, 0.05) is 20.3 Å². The molecule has 0 aliphatic rings. The van der Waals surface area contributed by atoms with Gasteiger partial charge in [-0.15, -0.1) is 0 Å². The molecule has 0 bridgehead atoms. The fourth-order valence-corrected chi connectivity index (χ4v) is 0.735. The maximum Gasteiger partial charge on any atom is 0.325 e. The van der Waals surface area contributed by atoms with Crippen LogP contribution in [-0.4, -0.2) is 24.1 Å². The molecule has 5 heteroatoms. The Kier molecular flexibility index (Phi) is 4.58. The van der Waals surface area contributed by atoms with Crippen molar-refractivity contribution in [2.24, 2.45) is 0 Å². The number of anilines is 1. The molecule has 0 aliphatic carbocycles. The Morgan fingerprint density at radius 1 is 1.23 bits per heavy atom. The van der Waals surface area contributed by atoms with Gasteiger partial charge in [0.05, 0.1) is 0 Å². The summed E-state index contributed by atoms with van der Waals surface area (Å²) in [5.74, 6) is 0. The maximum absolute atomic E-state index is 11.0. The minimum atomic E-state index is -0.486. The highest BCUT2D eigenvalue weighted by molar-refractivity contribution is 5.38. The first-order valence-electron chi connectivity index (χ1n) is 4.10. The van der Waals surface area contributed by atoms with E-state index in [4.69, 9.17) is 0 Å². The van der Waals surface area contributed by atoms with Gasteiger partial charge in [-0.1, -0.05) is 13.8 Å². The van der Waals surface area contributed by atoms with Crippen molar-refractivity contribution in [3.8, 4) is 0 Å². The van der Waals surface area contributed by atoms with Gasteiger partial charge in [-0.25, -0.2) is 4.79 Å². The number of hydrogen-bond acceptors (Lipinski definition) is 3. The number of nitrogens with one attached hydrogen (secondary N) is 2. The molecule has 2 N–H and O–H groups in total. The Morgan fingerprint density at radius 3 is 2.15 bits per heavy atom. The average molecular weight is 185 g/mol. The molecule has 0 fully saturated rings. The summed E-state index contributed by atoms with van der Waals surface area (Å²) in [6.45, 7) is 4.00. The van der Waals surface area contributed by atoms with Crippen LogP contribution in [0.1, 0.15) is 13.8 Å². The van der Waals surface area contributed by atoms with Crippen molar-refractivity contribution in [2.45, 2.75) is 13.8 Å². The predicted molar refractivity (Wildman–Crippen MR) is 53.4 cm³/mol. The van der Waals surface area contributed by atoms with Crippen molar-refractivity contribution >= 4 is 5.69 Å². The van der Waals surface area contributed by atoms with Crippen LogP contribution in [0.3, 0.4) is 0 Å². The lowest BCUT2D eigenvalue weighted by Crippen LogP contribution is -2.27. The highest BCUT2D eigenvalue weighted by Gasteiger charge is 1.99. The van der Waals surface area contributed by atoms with E-state index in [1.807, 2.05) is 13.8 Å². The number of nitrogens with zero attached hydrogens (tertiary/aromatic N) is 1. The highest BCUT2D eigenvalue weighted by atomic mass is 16.2. The minimum Gasteiger partial charge on any atom is -0.372 e. The largest absolute Gasteiger partial charge is 0.372 e. The summed E-state index contributed by atoms with van der Waals surface area (Å²) in [5, 5.41) is 0. The normalized spacial score (nSPS) is 8.62. The van der Waals surface area contributed by atoms with Gasteiger partial charge < -0.3 is 9.88 Å².